The van der Waals surface area contributed by atoms with Crippen molar-refractivity contribution in [1.29, 1.82) is 0 Å². The van der Waals surface area contributed by atoms with E-state index < -0.39 is 17.6 Å². The number of amides is 2. The van der Waals surface area contributed by atoms with Gasteiger partial charge in [-0.1, -0.05) is 42.5 Å². The van der Waals surface area contributed by atoms with Crippen molar-refractivity contribution >= 4 is 24.1 Å². The molecule has 0 saturated carbocycles. The van der Waals surface area contributed by atoms with Crippen LogP contribution < -0.4 is 10.7 Å². The minimum atomic E-state index is -0.530. The number of carbonyl (C=O) groups excluding carboxylic acids is 2. The normalized spacial score (nSPS) is 10.9. The third-order valence-corrected chi connectivity index (χ3v) is 2.93. The van der Waals surface area contributed by atoms with Gasteiger partial charge in [0.05, 0.1) is 6.54 Å². The Hall–Kier alpha value is -3.28. The lowest BCUT2D eigenvalue weighted by molar-refractivity contribution is -0.120. The predicted octanol–water partition coefficient (Wildman–Crippen LogP) is 2.37. The lowest BCUT2D eigenvalue weighted by Crippen LogP contribution is -2.34. The van der Waals surface area contributed by atoms with E-state index in [1.54, 1.807) is 6.08 Å². The number of benzene rings is 2. The smallest absolute Gasteiger partial charge is 0.259 e. The number of hydrogen-bond donors (Lipinski definition) is 2. The van der Waals surface area contributed by atoms with Gasteiger partial charge in [-0.2, -0.15) is 5.10 Å². The highest BCUT2D eigenvalue weighted by molar-refractivity contribution is 5.96. The molecule has 0 atom stereocenters. The van der Waals surface area contributed by atoms with Gasteiger partial charge in [-0.3, -0.25) is 9.59 Å². The van der Waals surface area contributed by atoms with E-state index in [2.05, 4.69) is 15.8 Å². The molecule has 2 amide bonds. The predicted molar refractivity (Wildman–Crippen MR) is 90.8 cm³/mol. The van der Waals surface area contributed by atoms with Crippen molar-refractivity contribution in [2.45, 2.75) is 0 Å². The maximum Gasteiger partial charge on any atom is 0.259 e. The molecule has 122 valence electrons. The van der Waals surface area contributed by atoms with Gasteiger partial charge in [-0.25, -0.2) is 9.82 Å². The van der Waals surface area contributed by atoms with Crippen LogP contribution in [0.15, 0.2) is 65.8 Å². The third-order valence-electron chi connectivity index (χ3n) is 2.93. The van der Waals surface area contributed by atoms with Crippen molar-refractivity contribution in [3.63, 3.8) is 0 Å². The zero-order chi connectivity index (χ0) is 17.2. The molecular formula is C18H16FN3O2. The SMILES string of the molecule is O=C(CNC(=O)c1cccc(F)c1)NN=CC=Cc1ccccc1. The molecule has 2 N–H and O–H groups in total. The Balaban J connectivity index is 1.72. The Labute approximate surface area is 138 Å². The molecule has 24 heavy (non-hydrogen) atoms. The summed E-state index contributed by atoms with van der Waals surface area (Å²) in [7, 11) is 0. The van der Waals surface area contributed by atoms with Gasteiger partial charge in [0.15, 0.2) is 0 Å². The molecule has 0 aliphatic heterocycles. The Morgan fingerprint density at radius 3 is 2.62 bits per heavy atom. The summed E-state index contributed by atoms with van der Waals surface area (Å²) in [6.45, 7) is -0.255. The summed E-state index contributed by atoms with van der Waals surface area (Å²) in [5.74, 6) is -1.52. The first-order chi connectivity index (χ1) is 11.6. The maximum atomic E-state index is 13.0. The molecule has 0 spiro atoms. The maximum absolute atomic E-state index is 13.0. The van der Waals surface area contributed by atoms with Crippen molar-refractivity contribution in [3.05, 3.63) is 77.6 Å². The highest BCUT2D eigenvalue weighted by atomic mass is 19.1. The van der Waals surface area contributed by atoms with Crippen LogP contribution >= 0.6 is 0 Å². The number of nitrogens with one attached hydrogen (secondary N) is 2. The van der Waals surface area contributed by atoms with Gasteiger partial charge in [0, 0.05) is 11.8 Å². The van der Waals surface area contributed by atoms with Crippen LogP contribution in [0.25, 0.3) is 6.08 Å². The molecule has 0 unspecified atom stereocenters. The second-order valence-corrected chi connectivity index (χ2v) is 4.78. The quantitative estimate of drug-likeness (QED) is 0.632. The van der Waals surface area contributed by atoms with Crippen LogP contribution in [-0.2, 0) is 4.79 Å². The van der Waals surface area contributed by atoms with E-state index in [1.807, 2.05) is 36.4 Å². The topological polar surface area (TPSA) is 70.6 Å². The number of allylic oxidation sites excluding steroid dienone is 1. The minimum absolute atomic E-state index is 0.150. The second kappa shape index (κ2) is 8.99. The molecule has 6 heteroatoms. The van der Waals surface area contributed by atoms with Crippen LogP contribution in [0.4, 0.5) is 4.39 Å². The van der Waals surface area contributed by atoms with Crippen molar-refractivity contribution in [1.82, 2.24) is 10.7 Å². The van der Waals surface area contributed by atoms with E-state index in [0.29, 0.717) is 0 Å². The van der Waals surface area contributed by atoms with Crippen LogP contribution in [0.3, 0.4) is 0 Å². The van der Waals surface area contributed by atoms with Gasteiger partial charge in [-0.05, 0) is 29.8 Å². The molecule has 2 aromatic rings. The van der Waals surface area contributed by atoms with E-state index in [9.17, 15) is 14.0 Å². The summed E-state index contributed by atoms with van der Waals surface area (Å²) < 4.78 is 13.0. The molecule has 0 aromatic heterocycles. The number of rotatable bonds is 6. The van der Waals surface area contributed by atoms with Gasteiger partial charge in [0.2, 0.25) is 0 Å². The average molecular weight is 325 g/mol. The summed E-state index contributed by atoms with van der Waals surface area (Å²) >= 11 is 0. The Kier molecular flexibility index (Phi) is 6.40. The zero-order valence-corrected chi connectivity index (χ0v) is 12.8. The number of hydrogen-bond acceptors (Lipinski definition) is 3. The van der Waals surface area contributed by atoms with Crippen molar-refractivity contribution < 1.29 is 14.0 Å². The summed E-state index contributed by atoms with van der Waals surface area (Å²) in [6.07, 6.45) is 4.95. The fourth-order valence-corrected chi connectivity index (χ4v) is 1.80. The summed E-state index contributed by atoms with van der Waals surface area (Å²) in [6, 6.07) is 14.8. The summed E-state index contributed by atoms with van der Waals surface area (Å²) in [5.41, 5.74) is 3.44. The largest absolute Gasteiger partial charge is 0.343 e. The molecule has 0 fully saturated rings. The molecular weight excluding hydrogens is 309 g/mol. The molecule has 0 aliphatic carbocycles. The molecule has 0 aliphatic rings. The van der Waals surface area contributed by atoms with Crippen molar-refractivity contribution in [2.75, 3.05) is 6.54 Å². The Bertz CT molecular complexity index is 758. The Morgan fingerprint density at radius 1 is 1.08 bits per heavy atom. The lowest BCUT2D eigenvalue weighted by atomic mass is 10.2. The van der Waals surface area contributed by atoms with Crippen LogP contribution in [0.1, 0.15) is 15.9 Å². The van der Waals surface area contributed by atoms with Crippen molar-refractivity contribution in [2.24, 2.45) is 5.10 Å². The Morgan fingerprint density at radius 2 is 1.88 bits per heavy atom. The highest BCUT2D eigenvalue weighted by Crippen LogP contribution is 2.02. The fourth-order valence-electron chi connectivity index (χ4n) is 1.80. The van der Waals surface area contributed by atoms with Crippen molar-refractivity contribution in [3.8, 4) is 0 Å². The molecule has 0 radical (unpaired) electrons. The standard InChI is InChI=1S/C18H16FN3O2/c19-16-10-4-9-15(12-16)18(24)20-13-17(23)22-21-11-5-8-14-6-2-1-3-7-14/h1-12H,13H2,(H,20,24)(H,22,23). The van der Waals surface area contributed by atoms with Gasteiger partial charge in [-0.15, -0.1) is 0 Å². The minimum Gasteiger partial charge on any atom is -0.343 e. The van der Waals surface area contributed by atoms with E-state index in [-0.39, 0.29) is 12.1 Å². The first-order valence-corrected chi connectivity index (χ1v) is 7.22. The van der Waals surface area contributed by atoms with E-state index >= 15 is 0 Å². The molecule has 5 nitrogen and oxygen atoms in total. The van der Waals surface area contributed by atoms with Gasteiger partial charge in [0.1, 0.15) is 5.82 Å². The van der Waals surface area contributed by atoms with E-state index in [0.717, 1.165) is 11.6 Å². The number of halogens is 1. The molecule has 0 heterocycles. The van der Waals surface area contributed by atoms with Crippen LogP contribution in [0.2, 0.25) is 0 Å². The second-order valence-electron chi connectivity index (χ2n) is 4.78. The third kappa shape index (κ3) is 5.84. The monoisotopic (exact) mass is 325 g/mol. The lowest BCUT2D eigenvalue weighted by Gasteiger charge is -2.04. The zero-order valence-electron chi connectivity index (χ0n) is 12.8. The first-order valence-electron chi connectivity index (χ1n) is 7.22. The van der Waals surface area contributed by atoms with Crippen LogP contribution in [-0.4, -0.2) is 24.6 Å². The highest BCUT2D eigenvalue weighted by Gasteiger charge is 2.07. The summed E-state index contributed by atoms with van der Waals surface area (Å²) in [4.78, 5) is 23.3. The molecule has 0 saturated heterocycles. The molecule has 2 aromatic carbocycles. The number of hydrazone groups is 1. The first kappa shape index (κ1) is 17.1. The van der Waals surface area contributed by atoms with E-state index in [4.69, 9.17) is 0 Å². The van der Waals surface area contributed by atoms with Gasteiger partial charge in [0.25, 0.3) is 11.8 Å². The van der Waals surface area contributed by atoms with Gasteiger partial charge >= 0.3 is 0 Å². The molecule has 2 rings (SSSR count). The van der Waals surface area contributed by atoms with Crippen LogP contribution in [0.5, 0.6) is 0 Å². The van der Waals surface area contributed by atoms with Crippen LogP contribution in [0, 0.1) is 5.82 Å². The fraction of sp³-hybridized carbons (Fsp3) is 0.0556. The number of nitrogens with zero attached hydrogens (tertiary/aromatic N) is 1. The average Bonchev–Trinajstić information content (AvgIpc) is 2.60. The number of carbonyl (C=O) groups is 2. The molecule has 0 bridgehead atoms. The summed E-state index contributed by atoms with van der Waals surface area (Å²) in [5, 5.41) is 6.11. The van der Waals surface area contributed by atoms with Gasteiger partial charge < -0.3 is 5.32 Å². The van der Waals surface area contributed by atoms with E-state index in [1.165, 1.54) is 24.4 Å².